The van der Waals surface area contributed by atoms with E-state index < -0.39 is 0 Å². The smallest absolute Gasteiger partial charge is 0.249 e. The molecule has 1 atom stereocenters. The Bertz CT molecular complexity index is 3450. The maximum Gasteiger partial charge on any atom is 0.249 e. The summed E-state index contributed by atoms with van der Waals surface area (Å²) >= 11 is 0. The van der Waals surface area contributed by atoms with Gasteiger partial charge >= 0.3 is 0 Å². The van der Waals surface area contributed by atoms with Crippen molar-refractivity contribution in [3.05, 3.63) is 264 Å². The first-order valence-corrected chi connectivity index (χ1v) is 25.7. The van der Waals surface area contributed by atoms with Gasteiger partial charge in [0.2, 0.25) is 6.71 Å². The zero-order valence-electron chi connectivity index (χ0n) is 42.2. The van der Waals surface area contributed by atoms with Gasteiger partial charge in [0.25, 0.3) is 0 Å². The summed E-state index contributed by atoms with van der Waals surface area (Å²) in [7, 11) is 0. The molecule has 1 aliphatic carbocycles. The second kappa shape index (κ2) is 18.0. The molecule has 12 rings (SSSR count). The number of benzene rings is 9. The number of hydrogen-bond donors (Lipinski definition) is 0. The Kier molecular flexibility index (Phi) is 11.2. The first kappa shape index (κ1) is 45.1. The topological polar surface area (TPSA) is 9.72 Å². The van der Waals surface area contributed by atoms with Crippen LogP contribution in [0.5, 0.6) is 0 Å². The van der Waals surface area contributed by atoms with Crippen molar-refractivity contribution in [2.45, 2.75) is 64.7 Å². The molecule has 3 aliphatic rings. The number of allylic oxidation sites excluding steroid dienone is 3. The molecule has 0 aromatic heterocycles. The van der Waals surface area contributed by atoms with Crippen molar-refractivity contribution in [1.29, 1.82) is 0 Å². The molecule has 1 unspecified atom stereocenters. The lowest BCUT2D eigenvalue weighted by Gasteiger charge is -2.48. The fourth-order valence-corrected chi connectivity index (χ4v) is 11.6. The molecule has 0 bridgehead atoms. The summed E-state index contributed by atoms with van der Waals surface area (Å²) in [5.41, 5.74) is 23.3. The quantitative estimate of drug-likeness (QED) is 0.141. The number of rotatable bonds is 8. The predicted octanol–water partition coefficient (Wildman–Crippen LogP) is 17.2. The highest BCUT2D eigenvalue weighted by atomic mass is 15.2. The maximum absolute atomic E-state index is 2.62. The van der Waals surface area contributed by atoms with Gasteiger partial charge in [0.15, 0.2) is 0 Å². The van der Waals surface area contributed by atoms with Crippen LogP contribution in [0.15, 0.2) is 248 Å². The zero-order valence-corrected chi connectivity index (χ0v) is 42.2. The minimum absolute atomic E-state index is 0.00253. The average Bonchev–Trinajstić information content (AvgIpc) is 3.41. The standard InChI is InChI=1S/C68H60BN3/c1-67(2,3)50-39-37-49(38-40-50)56-31-19-20-34-59(56)72-61-36-22-33-58(48-25-13-8-14-26-48)65(61)69-64-57(47-23-11-7-12-24-47)32-21-35-60(64)71(54-43-41-51(42-44-54)68(4,5)6)62-45-55(46-63(72)66(62)69)70(52-27-15-9-16-28-52)53-29-17-10-18-30-53/h7-31,33-46,57H,32H2,1-6H3. The van der Waals surface area contributed by atoms with Gasteiger partial charge in [-0.25, -0.2) is 0 Å². The summed E-state index contributed by atoms with van der Waals surface area (Å²) in [6.07, 6.45) is 5.76. The molecule has 72 heavy (non-hydrogen) atoms. The molecule has 2 aliphatic heterocycles. The summed E-state index contributed by atoms with van der Waals surface area (Å²) in [5, 5.41) is 0. The lowest BCUT2D eigenvalue weighted by atomic mass is 9.30. The van der Waals surface area contributed by atoms with E-state index >= 15 is 0 Å². The van der Waals surface area contributed by atoms with E-state index in [-0.39, 0.29) is 23.5 Å². The van der Waals surface area contributed by atoms with Crippen LogP contribution in [0.1, 0.15) is 70.6 Å². The predicted molar refractivity (Wildman–Crippen MR) is 308 cm³/mol. The maximum atomic E-state index is 2.62. The number of nitrogens with zero attached hydrogens (tertiary/aromatic N) is 3. The summed E-state index contributed by atoms with van der Waals surface area (Å²) in [4.78, 5) is 7.65. The van der Waals surface area contributed by atoms with Crippen LogP contribution in [0, 0.1) is 0 Å². The van der Waals surface area contributed by atoms with Gasteiger partial charge in [-0.15, -0.1) is 0 Å². The summed E-state index contributed by atoms with van der Waals surface area (Å²) in [5.74, 6) is 0.134. The van der Waals surface area contributed by atoms with Crippen LogP contribution in [0.4, 0.5) is 45.5 Å². The monoisotopic (exact) mass is 929 g/mol. The lowest BCUT2D eigenvalue weighted by molar-refractivity contribution is 0.590. The number of fused-ring (bicyclic) bond motifs is 3. The molecule has 9 aromatic rings. The Morgan fingerprint density at radius 3 is 1.54 bits per heavy atom. The van der Waals surface area contributed by atoms with E-state index in [2.05, 4.69) is 293 Å². The zero-order chi connectivity index (χ0) is 49.1. The molecule has 350 valence electrons. The SMILES string of the molecule is CC(C)(C)c1ccc(-c2ccccc2N2c3cccc(-c4ccccc4)c3B3C4=C(C=CCC4c4ccccc4)N(c4ccc(C(C)(C)C)cc4)c4cc(N(c5ccccc5)c5ccccc5)cc2c43)cc1. The highest BCUT2D eigenvalue weighted by Crippen LogP contribution is 2.53. The van der Waals surface area contributed by atoms with Crippen LogP contribution < -0.4 is 25.6 Å². The van der Waals surface area contributed by atoms with Crippen molar-refractivity contribution in [1.82, 2.24) is 0 Å². The molecular formula is C68H60BN3. The number of hydrogen-bond acceptors (Lipinski definition) is 3. The highest BCUT2D eigenvalue weighted by Gasteiger charge is 2.48. The van der Waals surface area contributed by atoms with Gasteiger partial charge in [-0.2, -0.15) is 0 Å². The number of anilines is 8. The Morgan fingerprint density at radius 2 is 0.931 bits per heavy atom. The van der Waals surface area contributed by atoms with Crippen LogP contribution in [-0.4, -0.2) is 6.71 Å². The highest BCUT2D eigenvalue weighted by molar-refractivity contribution is 6.96. The lowest BCUT2D eigenvalue weighted by Crippen LogP contribution is -2.57. The summed E-state index contributed by atoms with van der Waals surface area (Å²) in [6, 6.07) is 83.8. The third-order valence-electron chi connectivity index (χ3n) is 15.1. The van der Waals surface area contributed by atoms with Crippen LogP contribution in [0.2, 0.25) is 0 Å². The molecule has 2 heterocycles. The van der Waals surface area contributed by atoms with Gasteiger partial charge in [-0.3, -0.25) is 0 Å². The third-order valence-corrected chi connectivity index (χ3v) is 15.1. The summed E-state index contributed by atoms with van der Waals surface area (Å²) < 4.78 is 0. The first-order valence-electron chi connectivity index (χ1n) is 25.7. The fraction of sp³-hybridized carbons (Fsp3) is 0.147. The molecule has 3 nitrogen and oxygen atoms in total. The largest absolute Gasteiger partial charge is 0.312 e. The molecule has 0 amide bonds. The van der Waals surface area contributed by atoms with Crippen molar-refractivity contribution in [2.75, 3.05) is 14.7 Å². The third kappa shape index (κ3) is 7.87. The average molecular weight is 930 g/mol. The molecule has 9 aromatic carbocycles. The molecule has 0 saturated carbocycles. The Balaban J connectivity index is 1.23. The second-order valence-corrected chi connectivity index (χ2v) is 21.7. The van der Waals surface area contributed by atoms with E-state index in [4.69, 9.17) is 0 Å². The van der Waals surface area contributed by atoms with Gasteiger partial charge in [0.05, 0.1) is 11.4 Å². The Hall–Kier alpha value is -8.08. The van der Waals surface area contributed by atoms with Crippen molar-refractivity contribution < 1.29 is 0 Å². The Morgan fingerprint density at radius 1 is 0.431 bits per heavy atom. The fourth-order valence-electron chi connectivity index (χ4n) is 11.6. The minimum Gasteiger partial charge on any atom is -0.312 e. The van der Waals surface area contributed by atoms with Crippen molar-refractivity contribution >= 4 is 63.1 Å². The second-order valence-electron chi connectivity index (χ2n) is 21.7. The van der Waals surface area contributed by atoms with E-state index in [9.17, 15) is 0 Å². The van der Waals surface area contributed by atoms with E-state index in [0.717, 1.165) is 34.9 Å². The van der Waals surface area contributed by atoms with E-state index in [1.165, 1.54) is 78.1 Å². The van der Waals surface area contributed by atoms with Crippen LogP contribution in [-0.2, 0) is 10.8 Å². The van der Waals surface area contributed by atoms with Crippen LogP contribution in [0.3, 0.4) is 0 Å². The van der Waals surface area contributed by atoms with E-state index in [1.54, 1.807) is 0 Å². The van der Waals surface area contributed by atoms with Crippen molar-refractivity contribution in [3.8, 4) is 22.3 Å². The van der Waals surface area contributed by atoms with Gasteiger partial charge < -0.3 is 14.7 Å². The van der Waals surface area contributed by atoms with E-state index in [1.807, 2.05) is 0 Å². The van der Waals surface area contributed by atoms with Crippen molar-refractivity contribution in [2.24, 2.45) is 0 Å². The molecule has 0 spiro atoms. The molecule has 0 fully saturated rings. The van der Waals surface area contributed by atoms with Gasteiger partial charge in [-0.1, -0.05) is 217 Å². The number of para-hydroxylation sites is 3. The van der Waals surface area contributed by atoms with Gasteiger partial charge in [0, 0.05) is 51.3 Å². The van der Waals surface area contributed by atoms with Crippen molar-refractivity contribution in [3.63, 3.8) is 0 Å². The minimum atomic E-state index is -0.0814. The Labute approximate surface area is 427 Å². The summed E-state index contributed by atoms with van der Waals surface area (Å²) in [6.45, 7) is 13.7. The first-order chi connectivity index (χ1) is 35.0. The van der Waals surface area contributed by atoms with Gasteiger partial charge in [0.1, 0.15) is 0 Å². The molecule has 0 N–H and O–H groups in total. The molecule has 0 radical (unpaired) electrons. The molecular weight excluding hydrogens is 870 g/mol. The molecule has 0 saturated heterocycles. The molecule has 4 heteroatoms. The van der Waals surface area contributed by atoms with E-state index in [0.29, 0.717) is 0 Å². The van der Waals surface area contributed by atoms with Crippen LogP contribution in [0.25, 0.3) is 22.3 Å². The van der Waals surface area contributed by atoms with Gasteiger partial charge in [-0.05, 0) is 128 Å². The van der Waals surface area contributed by atoms with Crippen LogP contribution >= 0.6 is 0 Å². The normalized spacial score (nSPS) is 15.0.